The zero-order valence-electron chi connectivity index (χ0n) is 15.8. The molecule has 27 heavy (non-hydrogen) atoms. The summed E-state index contributed by atoms with van der Waals surface area (Å²) in [7, 11) is -3.94. The molecule has 0 aliphatic heterocycles. The quantitative estimate of drug-likeness (QED) is 0.289. The molecule has 0 saturated heterocycles. The summed E-state index contributed by atoms with van der Waals surface area (Å²) in [5, 5.41) is 0.176. The molecule has 1 saturated carbocycles. The molecule has 2 aromatic heterocycles. The first-order valence-electron chi connectivity index (χ1n) is 8.88. The van der Waals surface area contributed by atoms with E-state index in [0.717, 1.165) is 0 Å². The average molecular weight is 418 g/mol. The number of anilines is 1. The normalized spacial score (nSPS) is 18.6. The summed E-state index contributed by atoms with van der Waals surface area (Å²) in [6.07, 6.45) is 2.95. The molecule has 0 bridgehead atoms. The third-order valence-corrected chi connectivity index (χ3v) is 7.27. The Morgan fingerprint density at radius 3 is 2.52 bits per heavy atom. The van der Waals surface area contributed by atoms with Gasteiger partial charge in [0.2, 0.25) is 5.95 Å². The highest BCUT2D eigenvalue weighted by atomic mass is 35.5. The Morgan fingerprint density at radius 1 is 1.33 bits per heavy atom. The van der Waals surface area contributed by atoms with Crippen LogP contribution in [-0.4, -0.2) is 35.7 Å². The lowest BCUT2D eigenvalue weighted by Crippen LogP contribution is -2.27. The van der Waals surface area contributed by atoms with Crippen molar-refractivity contribution in [1.29, 1.82) is 0 Å². The van der Waals surface area contributed by atoms with Crippen LogP contribution < -0.4 is 5.73 Å². The molecule has 3 rings (SSSR count). The predicted octanol–water partition coefficient (Wildman–Crippen LogP) is 3.41. The Kier molecular flexibility index (Phi) is 5.53. The van der Waals surface area contributed by atoms with E-state index >= 15 is 0 Å². The molecule has 9 nitrogen and oxygen atoms in total. The molecule has 0 radical (unpaired) electrons. The van der Waals surface area contributed by atoms with Gasteiger partial charge in [-0.3, -0.25) is 4.57 Å². The second-order valence-electron chi connectivity index (χ2n) is 7.80. The topological polar surface area (TPSA) is 125 Å². The third-order valence-electron chi connectivity index (χ3n) is 4.77. The van der Waals surface area contributed by atoms with Crippen molar-refractivity contribution >= 4 is 36.3 Å². The van der Waals surface area contributed by atoms with Gasteiger partial charge in [-0.05, 0) is 24.7 Å². The van der Waals surface area contributed by atoms with Gasteiger partial charge in [0, 0.05) is 0 Å². The molecule has 1 aliphatic rings. The van der Waals surface area contributed by atoms with Crippen molar-refractivity contribution in [3.8, 4) is 0 Å². The Labute approximate surface area is 162 Å². The van der Waals surface area contributed by atoms with E-state index in [0.29, 0.717) is 30.6 Å². The number of nitrogen functional groups attached to an aromatic ring is 1. The first-order chi connectivity index (χ1) is 12.5. The summed E-state index contributed by atoms with van der Waals surface area (Å²) < 4.78 is 19.6. The Hall–Kier alpha value is -1.25. The molecule has 1 atom stereocenters. The molecule has 1 unspecified atom stereocenters. The van der Waals surface area contributed by atoms with Crippen LogP contribution in [-0.2, 0) is 20.7 Å². The van der Waals surface area contributed by atoms with E-state index in [-0.39, 0.29) is 22.9 Å². The molecule has 11 heteroatoms. The Balaban J connectivity index is 1.75. The minimum atomic E-state index is -3.94. The third kappa shape index (κ3) is 4.27. The van der Waals surface area contributed by atoms with Crippen molar-refractivity contribution in [2.45, 2.75) is 58.3 Å². The molecule has 150 valence electrons. The number of halogens is 1. The second-order valence-corrected chi connectivity index (χ2v) is 10.0. The molecule has 3 N–H and O–H groups in total. The fourth-order valence-corrected chi connectivity index (χ4v) is 5.56. The number of imidazole rings is 1. The van der Waals surface area contributed by atoms with Crippen LogP contribution in [0.25, 0.3) is 11.2 Å². The van der Waals surface area contributed by atoms with E-state index in [1.807, 2.05) is 27.7 Å². The maximum Gasteiger partial charge on any atom is 0.359 e. The number of fused-ring (bicyclic) bond motifs is 1. The zero-order valence-corrected chi connectivity index (χ0v) is 17.4. The second kappa shape index (κ2) is 7.29. The number of hydrogen-bond acceptors (Lipinski definition) is 7. The van der Waals surface area contributed by atoms with Crippen LogP contribution in [0.15, 0.2) is 6.33 Å². The summed E-state index contributed by atoms with van der Waals surface area (Å²) in [6, 6.07) is 0. The lowest BCUT2D eigenvalue weighted by atomic mass is 10.00. The smallest absolute Gasteiger partial charge is 0.359 e. The predicted molar refractivity (Wildman–Crippen MR) is 102 cm³/mol. The van der Waals surface area contributed by atoms with E-state index in [2.05, 4.69) is 15.0 Å². The van der Waals surface area contributed by atoms with Crippen LogP contribution in [0.5, 0.6) is 0 Å². The van der Waals surface area contributed by atoms with E-state index in [4.69, 9.17) is 26.9 Å². The van der Waals surface area contributed by atoms with Gasteiger partial charge < -0.3 is 15.2 Å². The molecule has 1 fully saturated rings. The summed E-state index contributed by atoms with van der Waals surface area (Å²) >= 11 is 6.04. The Bertz CT molecular complexity index is 875. The lowest BCUT2D eigenvalue weighted by molar-refractivity contribution is -0.267. The maximum absolute atomic E-state index is 12.7. The summed E-state index contributed by atoms with van der Waals surface area (Å²) in [6.45, 7) is 7.94. The SMILES string of the molecule is CC(C)C(C(C)C)P(=O)(O)OOC1(Cn2cnc3c(Cl)nc(N)nc32)CC1. The molecule has 2 aromatic rings. The highest BCUT2D eigenvalue weighted by Crippen LogP contribution is 2.56. The van der Waals surface area contributed by atoms with Crippen molar-refractivity contribution in [2.24, 2.45) is 11.8 Å². The summed E-state index contributed by atoms with van der Waals surface area (Å²) in [4.78, 5) is 28.2. The molecule has 1 aliphatic carbocycles. The van der Waals surface area contributed by atoms with Gasteiger partial charge in [0.1, 0.15) is 11.1 Å². The standard InChI is InChI=1S/C16H25ClN5O4P/c1-9(2)12(10(3)4)27(23,24)26-25-16(5-6-16)7-22-8-19-11-13(17)20-15(18)21-14(11)22/h8-10,12H,5-7H2,1-4H3,(H,23,24)(H2,18,20,21). The summed E-state index contributed by atoms with van der Waals surface area (Å²) in [5.41, 5.74) is 5.38. The average Bonchev–Trinajstić information content (AvgIpc) is 3.18. The van der Waals surface area contributed by atoms with Gasteiger partial charge in [-0.15, -0.1) is 4.67 Å². The molecular formula is C16H25ClN5O4P. The number of nitrogens with zero attached hydrogens (tertiary/aromatic N) is 4. The minimum Gasteiger partial charge on any atom is -0.368 e. The van der Waals surface area contributed by atoms with Crippen molar-refractivity contribution in [2.75, 3.05) is 5.73 Å². The van der Waals surface area contributed by atoms with Gasteiger partial charge in [-0.2, -0.15) is 9.97 Å². The van der Waals surface area contributed by atoms with Gasteiger partial charge in [-0.1, -0.05) is 39.3 Å². The molecule has 0 spiro atoms. The van der Waals surface area contributed by atoms with Gasteiger partial charge in [0.05, 0.1) is 18.5 Å². The minimum absolute atomic E-state index is 0.0148. The first kappa shape index (κ1) is 20.5. The van der Waals surface area contributed by atoms with Crippen LogP contribution in [0.1, 0.15) is 40.5 Å². The highest BCUT2D eigenvalue weighted by molar-refractivity contribution is 7.53. The van der Waals surface area contributed by atoms with Crippen molar-refractivity contribution in [3.63, 3.8) is 0 Å². The maximum atomic E-state index is 12.7. The van der Waals surface area contributed by atoms with E-state index < -0.39 is 18.9 Å². The van der Waals surface area contributed by atoms with Crippen molar-refractivity contribution in [1.82, 2.24) is 19.5 Å². The van der Waals surface area contributed by atoms with Crippen LogP contribution in [0.4, 0.5) is 5.95 Å². The van der Waals surface area contributed by atoms with E-state index in [1.54, 1.807) is 10.9 Å². The van der Waals surface area contributed by atoms with Gasteiger partial charge in [0.15, 0.2) is 10.8 Å². The van der Waals surface area contributed by atoms with Gasteiger partial charge >= 0.3 is 7.60 Å². The molecule has 2 heterocycles. The van der Waals surface area contributed by atoms with Gasteiger partial charge in [0.25, 0.3) is 0 Å². The van der Waals surface area contributed by atoms with E-state index in [9.17, 15) is 9.46 Å². The molecular weight excluding hydrogens is 393 g/mol. The number of hydrogen-bond donors (Lipinski definition) is 2. The monoisotopic (exact) mass is 417 g/mol. The van der Waals surface area contributed by atoms with Crippen LogP contribution in [0.2, 0.25) is 5.15 Å². The number of nitrogens with two attached hydrogens (primary N) is 1. The van der Waals surface area contributed by atoms with Crippen molar-refractivity contribution < 1.29 is 19.0 Å². The molecule has 0 amide bonds. The van der Waals surface area contributed by atoms with Crippen LogP contribution >= 0.6 is 19.2 Å². The van der Waals surface area contributed by atoms with Crippen molar-refractivity contribution in [3.05, 3.63) is 11.5 Å². The van der Waals surface area contributed by atoms with Crippen LogP contribution in [0.3, 0.4) is 0 Å². The molecule has 0 aromatic carbocycles. The highest BCUT2D eigenvalue weighted by Gasteiger charge is 2.49. The number of rotatable bonds is 8. The summed E-state index contributed by atoms with van der Waals surface area (Å²) in [5.74, 6) is 0.0193. The largest absolute Gasteiger partial charge is 0.368 e. The first-order valence-corrected chi connectivity index (χ1v) is 10.9. The number of aromatic nitrogens is 4. The lowest BCUT2D eigenvalue weighted by Gasteiger charge is -2.29. The van der Waals surface area contributed by atoms with Crippen LogP contribution in [0, 0.1) is 11.8 Å². The fourth-order valence-electron chi connectivity index (χ4n) is 3.46. The van der Waals surface area contributed by atoms with Gasteiger partial charge in [-0.25, -0.2) is 9.87 Å². The Morgan fingerprint density at radius 2 is 1.96 bits per heavy atom. The zero-order chi connectivity index (χ0) is 20.0. The van der Waals surface area contributed by atoms with E-state index in [1.165, 1.54) is 0 Å². The fraction of sp³-hybridized carbons (Fsp3) is 0.688.